The van der Waals surface area contributed by atoms with Gasteiger partial charge in [0, 0.05) is 6.42 Å². The Morgan fingerprint density at radius 3 is 2.60 bits per heavy atom. The zero-order chi connectivity index (χ0) is 21.5. The van der Waals surface area contributed by atoms with Crippen LogP contribution >= 0.6 is 0 Å². The number of aryl methyl sites for hydroxylation is 2. The van der Waals surface area contributed by atoms with Crippen LogP contribution in [0.3, 0.4) is 0 Å². The molecule has 0 aliphatic heterocycles. The molecule has 0 saturated heterocycles. The highest BCUT2D eigenvalue weighted by atomic mass is 16.5. The van der Waals surface area contributed by atoms with Gasteiger partial charge in [-0.15, -0.1) is 0 Å². The number of H-pyrrole nitrogens is 1. The number of nitrogens with zero attached hydrogens (tertiary/aromatic N) is 1. The van der Waals surface area contributed by atoms with E-state index in [1.165, 1.54) is 0 Å². The van der Waals surface area contributed by atoms with Gasteiger partial charge in [-0.1, -0.05) is 48.9 Å². The fourth-order valence-electron chi connectivity index (χ4n) is 3.15. The normalized spacial score (nSPS) is 11.8. The van der Waals surface area contributed by atoms with Crippen LogP contribution in [0.1, 0.15) is 42.8 Å². The smallest absolute Gasteiger partial charge is 0.306 e. The Hall–Kier alpha value is -3.48. The van der Waals surface area contributed by atoms with E-state index in [0.717, 1.165) is 17.5 Å². The number of fused-ring (bicyclic) bond motifs is 1. The molecule has 3 aromatic rings. The van der Waals surface area contributed by atoms with Crippen LogP contribution in [-0.2, 0) is 20.7 Å². The molecule has 30 heavy (non-hydrogen) atoms. The van der Waals surface area contributed by atoms with E-state index in [1.807, 2.05) is 38.1 Å². The first-order valence-electron chi connectivity index (χ1n) is 9.95. The van der Waals surface area contributed by atoms with Gasteiger partial charge >= 0.3 is 5.97 Å². The zero-order valence-electron chi connectivity index (χ0n) is 17.1. The molecule has 1 amide bonds. The third-order valence-electron chi connectivity index (χ3n) is 4.82. The summed E-state index contributed by atoms with van der Waals surface area (Å²) in [5, 5.41) is 3.38. The quantitative estimate of drug-likeness (QED) is 0.559. The molecule has 2 aromatic carbocycles. The maximum Gasteiger partial charge on any atom is 0.306 e. The molecule has 0 radical (unpaired) electrons. The Bertz CT molecular complexity index is 1090. The monoisotopic (exact) mass is 407 g/mol. The standard InChI is InChI=1S/C23H25N3O4/c1-3-18(16-10-8-15(2)9-11-16)25-21(27)14-30-22(28)13-12-20-24-19-7-5-4-6-17(19)23(29)26-20/h4-11,18H,3,12-14H2,1-2H3,(H,25,27)(H,24,26,29)/t18-/m0/s1. The van der Waals surface area contributed by atoms with Crippen molar-refractivity contribution in [3.63, 3.8) is 0 Å². The number of hydrogen-bond acceptors (Lipinski definition) is 5. The molecule has 7 heteroatoms. The van der Waals surface area contributed by atoms with E-state index in [0.29, 0.717) is 16.7 Å². The van der Waals surface area contributed by atoms with Crippen LogP contribution in [0.5, 0.6) is 0 Å². The van der Waals surface area contributed by atoms with E-state index >= 15 is 0 Å². The lowest BCUT2D eigenvalue weighted by Gasteiger charge is -2.17. The van der Waals surface area contributed by atoms with Gasteiger partial charge in [0.15, 0.2) is 6.61 Å². The number of aromatic nitrogens is 2. The minimum atomic E-state index is -0.524. The Morgan fingerprint density at radius 2 is 1.87 bits per heavy atom. The topological polar surface area (TPSA) is 101 Å². The fraction of sp³-hybridized carbons (Fsp3) is 0.304. The summed E-state index contributed by atoms with van der Waals surface area (Å²) in [4.78, 5) is 43.3. The van der Waals surface area contributed by atoms with Crippen LogP contribution < -0.4 is 10.9 Å². The molecular weight excluding hydrogens is 382 g/mol. The predicted molar refractivity (Wildman–Crippen MR) is 114 cm³/mol. The van der Waals surface area contributed by atoms with Crippen LogP contribution in [0.2, 0.25) is 0 Å². The first-order chi connectivity index (χ1) is 14.5. The third kappa shape index (κ3) is 5.53. The second-order valence-corrected chi connectivity index (χ2v) is 7.13. The molecular formula is C23H25N3O4. The summed E-state index contributed by atoms with van der Waals surface area (Å²) >= 11 is 0. The van der Waals surface area contributed by atoms with Crippen molar-refractivity contribution in [2.75, 3.05) is 6.61 Å². The van der Waals surface area contributed by atoms with Crippen molar-refractivity contribution in [2.24, 2.45) is 0 Å². The fourth-order valence-corrected chi connectivity index (χ4v) is 3.15. The van der Waals surface area contributed by atoms with Crippen molar-refractivity contribution < 1.29 is 14.3 Å². The Kier molecular flexibility index (Phi) is 6.95. The largest absolute Gasteiger partial charge is 0.456 e. The summed E-state index contributed by atoms with van der Waals surface area (Å²) in [6, 6.07) is 14.8. The van der Waals surface area contributed by atoms with E-state index in [2.05, 4.69) is 15.3 Å². The number of esters is 1. The van der Waals surface area contributed by atoms with E-state index in [4.69, 9.17) is 4.74 Å². The van der Waals surface area contributed by atoms with Gasteiger partial charge in [0.2, 0.25) is 0 Å². The van der Waals surface area contributed by atoms with Crippen LogP contribution in [0, 0.1) is 6.92 Å². The summed E-state index contributed by atoms with van der Waals surface area (Å²) in [5.74, 6) is -0.470. The summed E-state index contributed by atoms with van der Waals surface area (Å²) in [7, 11) is 0. The van der Waals surface area contributed by atoms with Crippen molar-refractivity contribution >= 4 is 22.8 Å². The highest BCUT2D eigenvalue weighted by Gasteiger charge is 2.15. The van der Waals surface area contributed by atoms with Gasteiger partial charge in [-0.2, -0.15) is 0 Å². The number of nitrogens with one attached hydrogen (secondary N) is 2. The molecule has 0 spiro atoms. The van der Waals surface area contributed by atoms with E-state index in [-0.39, 0.29) is 37.0 Å². The number of rotatable bonds is 8. The number of carbonyl (C=O) groups excluding carboxylic acids is 2. The molecule has 3 rings (SSSR count). The number of amides is 1. The Labute approximate surface area is 174 Å². The Morgan fingerprint density at radius 1 is 1.13 bits per heavy atom. The third-order valence-corrected chi connectivity index (χ3v) is 4.82. The number of ether oxygens (including phenoxy) is 1. The van der Waals surface area contributed by atoms with Gasteiger partial charge in [0.1, 0.15) is 5.82 Å². The molecule has 7 nitrogen and oxygen atoms in total. The van der Waals surface area contributed by atoms with E-state index in [1.54, 1.807) is 24.3 Å². The van der Waals surface area contributed by atoms with Crippen LogP contribution in [0.15, 0.2) is 53.3 Å². The number of benzene rings is 2. The predicted octanol–water partition coefficient (Wildman–Crippen LogP) is 2.97. The molecule has 156 valence electrons. The first-order valence-corrected chi connectivity index (χ1v) is 9.95. The lowest BCUT2D eigenvalue weighted by molar-refractivity contribution is -0.148. The van der Waals surface area contributed by atoms with Gasteiger partial charge in [-0.25, -0.2) is 4.98 Å². The van der Waals surface area contributed by atoms with Gasteiger partial charge in [-0.05, 0) is 31.0 Å². The van der Waals surface area contributed by atoms with Crippen molar-refractivity contribution in [2.45, 2.75) is 39.2 Å². The molecule has 0 aliphatic rings. The molecule has 0 saturated carbocycles. The molecule has 1 heterocycles. The first kappa shape index (κ1) is 21.2. The Balaban J connectivity index is 1.49. The molecule has 1 aromatic heterocycles. The van der Waals surface area contributed by atoms with Crippen molar-refractivity contribution in [3.8, 4) is 0 Å². The zero-order valence-corrected chi connectivity index (χ0v) is 17.1. The van der Waals surface area contributed by atoms with Crippen LogP contribution in [0.25, 0.3) is 10.9 Å². The van der Waals surface area contributed by atoms with E-state index < -0.39 is 5.97 Å². The number of aromatic amines is 1. The molecule has 1 atom stereocenters. The minimum absolute atomic E-state index is 0.0176. The van der Waals surface area contributed by atoms with Crippen LogP contribution in [-0.4, -0.2) is 28.5 Å². The van der Waals surface area contributed by atoms with Crippen LogP contribution in [0.4, 0.5) is 0 Å². The van der Waals surface area contributed by atoms with Gasteiger partial charge in [-0.3, -0.25) is 14.4 Å². The highest BCUT2D eigenvalue weighted by molar-refractivity contribution is 5.81. The molecule has 0 bridgehead atoms. The number of hydrogen-bond donors (Lipinski definition) is 2. The average Bonchev–Trinajstić information content (AvgIpc) is 2.75. The second kappa shape index (κ2) is 9.82. The van der Waals surface area contributed by atoms with Gasteiger partial charge in [0.25, 0.3) is 11.5 Å². The maximum atomic E-state index is 12.2. The highest BCUT2D eigenvalue weighted by Crippen LogP contribution is 2.17. The SMILES string of the molecule is CC[C@H](NC(=O)COC(=O)CCc1nc2ccccc2c(=O)[nH]1)c1ccc(C)cc1. The summed E-state index contributed by atoms with van der Waals surface area (Å²) in [6.45, 7) is 3.64. The molecule has 2 N–H and O–H groups in total. The minimum Gasteiger partial charge on any atom is -0.456 e. The maximum absolute atomic E-state index is 12.2. The lowest BCUT2D eigenvalue weighted by atomic mass is 10.0. The summed E-state index contributed by atoms with van der Waals surface area (Å²) in [6.07, 6.45) is 0.967. The van der Waals surface area contributed by atoms with Crippen molar-refractivity contribution in [1.29, 1.82) is 0 Å². The summed E-state index contributed by atoms with van der Waals surface area (Å²) in [5.41, 5.74) is 2.49. The molecule has 0 aliphatic carbocycles. The van der Waals surface area contributed by atoms with Crippen molar-refractivity contribution in [1.82, 2.24) is 15.3 Å². The molecule has 0 fully saturated rings. The molecule has 0 unspecified atom stereocenters. The number of carbonyl (C=O) groups is 2. The average molecular weight is 407 g/mol. The van der Waals surface area contributed by atoms with Crippen molar-refractivity contribution in [3.05, 3.63) is 75.8 Å². The summed E-state index contributed by atoms with van der Waals surface area (Å²) < 4.78 is 5.07. The van der Waals surface area contributed by atoms with E-state index in [9.17, 15) is 14.4 Å². The van der Waals surface area contributed by atoms with Gasteiger partial charge in [0.05, 0.1) is 23.4 Å². The lowest BCUT2D eigenvalue weighted by Crippen LogP contribution is -2.32. The second-order valence-electron chi connectivity index (χ2n) is 7.13. The number of para-hydroxylation sites is 1. The van der Waals surface area contributed by atoms with Gasteiger partial charge < -0.3 is 15.0 Å².